The number of pyridine rings is 1. The van der Waals surface area contributed by atoms with Gasteiger partial charge in [-0.3, -0.25) is 4.98 Å². The molecule has 1 aromatic carbocycles. The molecule has 2 nitrogen and oxygen atoms in total. The Morgan fingerprint density at radius 1 is 0.900 bits per heavy atom. The van der Waals surface area contributed by atoms with Crippen LogP contribution in [0.1, 0.15) is 42.7 Å². The largest absolute Gasteiger partial charge is 0.313 e. The molecule has 0 saturated heterocycles. The van der Waals surface area contributed by atoms with Gasteiger partial charge in [0.1, 0.15) is 0 Å². The molecule has 0 unspecified atom stereocenters. The lowest BCUT2D eigenvalue weighted by Crippen LogP contribution is -2.13. The third-order valence-corrected chi connectivity index (χ3v) is 3.46. The minimum atomic E-state index is 0.909. The van der Waals surface area contributed by atoms with E-state index in [1.54, 1.807) is 0 Å². The van der Waals surface area contributed by atoms with E-state index in [-0.39, 0.29) is 0 Å². The zero-order valence-corrected chi connectivity index (χ0v) is 12.5. The van der Waals surface area contributed by atoms with Crippen LogP contribution < -0.4 is 5.32 Å². The number of rotatable bonds is 7. The Morgan fingerprint density at radius 3 is 2.20 bits per heavy atom. The van der Waals surface area contributed by atoms with E-state index in [1.165, 1.54) is 23.1 Å². The van der Waals surface area contributed by atoms with Crippen molar-refractivity contribution in [1.82, 2.24) is 10.3 Å². The number of hydrogen-bond acceptors (Lipinski definition) is 2. The summed E-state index contributed by atoms with van der Waals surface area (Å²) in [7, 11) is 0. The van der Waals surface area contributed by atoms with Crippen LogP contribution in [0.25, 0.3) is 0 Å². The van der Waals surface area contributed by atoms with E-state index >= 15 is 0 Å². The van der Waals surface area contributed by atoms with Gasteiger partial charge in [0.25, 0.3) is 0 Å². The highest BCUT2D eigenvalue weighted by Gasteiger charge is 1.99. The molecule has 0 fully saturated rings. The summed E-state index contributed by atoms with van der Waals surface area (Å²) in [6.07, 6.45) is 5.12. The van der Waals surface area contributed by atoms with Crippen LogP contribution in [0, 0.1) is 0 Å². The molecule has 0 spiro atoms. The molecule has 0 atom stereocenters. The normalized spacial score (nSPS) is 10.7. The van der Waals surface area contributed by atoms with Gasteiger partial charge < -0.3 is 5.32 Å². The van der Waals surface area contributed by atoms with E-state index in [0.29, 0.717) is 0 Å². The molecule has 0 aliphatic carbocycles. The van der Waals surface area contributed by atoms with Gasteiger partial charge in [0.05, 0.1) is 0 Å². The van der Waals surface area contributed by atoms with E-state index in [1.807, 2.05) is 6.20 Å². The second-order valence-electron chi connectivity index (χ2n) is 5.18. The van der Waals surface area contributed by atoms with Gasteiger partial charge in [0.15, 0.2) is 0 Å². The highest BCUT2D eigenvalue weighted by molar-refractivity contribution is 5.27. The second-order valence-corrected chi connectivity index (χ2v) is 5.18. The van der Waals surface area contributed by atoms with Gasteiger partial charge in [-0.15, -0.1) is 0 Å². The predicted molar refractivity (Wildman–Crippen MR) is 84.9 cm³/mol. The van der Waals surface area contributed by atoms with E-state index < -0.39 is 0 Å². The van der Waals surface area contributed by atoms with Crippen molar-refractivity contribution in [2.45, 2.75) is 39.7 Å². The Labute approximate surface area is 122 Å². The number of aromatic nitrogens is 1. The van der Waals surface area contributed by atoms with Crippen LogP contribution in [0.5, 0.6) is 0 Å². The van der Waals surface area contributed by atoms with Gasteiger partial charge >= 0.3 is 0 Å². The van der Waals surface area contributed by atoms with Crippen LogP contribution in [0.2, 0.25) is 0 Å². The number of aryl methyl sites for hydroxylation is 1. The van der Waals surface area contributed by atoms with E-state index in [2.05, 4.69) is 60.5 Å². The minimum absolute atomic E-state index is 0.909. The number of nitrogens with one attached hydrogen (secondary N) is 1. The van der Waals surface area contributed by atoms with Crippen molar-refractivity contribution in [1.29, 1.82) is 0 Å². The average Bonchev–Trinajstić information content (AvgIpc) is 2.50. The third-order valence-electron chi connectivity index (χ3n) is 3.46. The topological polar surface area (TPSA) is 24.9 Å². The maximum atomic E-state index is 4.52. The molecule has 2 rings (SSSR count). The molecular weight excluding hydrogens is 244 g/mol. The lowest BCUT2D eigenvalue weighted by molar-refractivity contribution is 0.675. The first-order chi connectivity index (χ1) is 9.81. The molecule has 1 N–H and O–H groups in total. The molecule has 106 valence electrons. The van der Waals surface area contributed by atoms with Crippen molar-refractivity contribution < 1.29 is 0 Å². The Hall–Kier alpha value is -1.67. The van der Waals surface area contributed by atoms with Gasteiger partial charge in [0.2, 0.25) is 0 Å². The molecule has 2 aromatic rings. The quantitative estimate of drug-likeness (QED) is 0.774. The first kappa shape index (κ1) is 14.7. The van der Waals surface area contributed by atoms with Crippen LogP contribution in [-0.2, 0) is 19.4 Å². The molecule has 20 heavy (non-hydrogen) atoms. The summed E-state index contributed by atoms with van der Waals surface area (Å²) in [4.78, 5) is 4.52. The molecule has 0 aliphatic rings. The minimum Gasteiger partial charge on any atom is -0.313 e. The number of hydrogen-bond donors (Lipinski definition) is 1. The molecule has 2 heteroatoms. The Bertz CT molecular complexity index is 500. The van der Waals surface area contributed by atoms with Crippen LogP contribution in [0.4, 0.5) is 0 Å². The maximum Gasteiger partial charge on any atom is 0.0447 e. The molecule has 0 bridgehead atoms. The first-order valence-corrected chi connectivity index (χ1v) is 7.54. The lowest BCUT2D eigenvalue weighted by atomic mass is 10.1. The van der Waals surface area contributed by atoms with Crippen molar-refractivity contribution in [3.8, 4) is 0 Å². The fourth-order valence-corrected chi connectivity index (χ4v) is 2.16. The fourth-order valence-electron chi connectivity index (χ4n) is 2.16. The van der Waals surface area contributed by atoms with Crippen LogP contribution in [0.15, 0.2) is 42.6 Å². The summed E-state index contributed by atoms with van der Waals surface area (Å²) < 4.78 is 0. The molecule has 0 aliphatic heterocycles. The number of nitrogens with zero attached hydrogens (tertiary/aromatic N) is 1. The zero-order chi connectivity index (χ0) is 14.2. The van der Waals surface area contributed by atoms with E-state index in [9.17, 15) is 0 Å². The molecule has 1 aromatic heterocycles. The van der Waals surface area contributed by atoms with E-state index in [0.717, 1.165) is 31.6 Å². The highest BCUT2D eigenvalue weighted by Crippen LogP contribution is 2.10. The average molecular weight is 268 g/mol. The SMILES string of the molecule is CCCNCc1ccc(Cc2ccc(CC)cn2)cc1. The Balaban J connectivity index is 1.92. The van der Waals surface area contributed by atoms with Crippen LogP contribution in [0.3, 0.4) is 0 Å². The highest BCUT2D eigenvalue weighted by atomic mass is 14.8. The Kier molecular flexibility index (Phi) is 5.75. The monoisotopic (exact) mass is 268 g/mol. The summed E-state index contributed by atoms with van der Waals surface area (Å²) in [6, 6.07) is 13.1. The molecule has 1 heterocycles. The van der Waals surface area contributed by atoms with Crippen molar-refractivity contribution in [3.05, 3.63) is 65.0 Å². The van der Waals surface area contributed by atoms with Crippen molar-refractivity contribution in [3.63, 3.8) is 0 Å². The zero-order valence-electron chi connectivity index (χ0n) is 12.5. The van der Waals surface area contributed by atoms with Gasteiger partial charge in [-0.25, -0.2) is 0 Å². The molecular formula is C18H24N2. The first-order valence-electron chi connectivity index (χ1n) is 7.54. The van der Waals surface area contributed by atoms with Gasteiger partial charge in [-0.1, -0.05) is 44.2 Å². The lowest BCUT2D eigenvalue weighted by Gasteiger charge is -2.06. The standard InChI is InChI=1S/C18H24N2/c1-3-11-19-13-17-7-5-16(6-8-17)12-18-10-9-15(4-2)14-20-18/h5-10,14,19H,3-4,11-13H2,1-2H3. The fraction of sp³-hybridized carbons (Fsp3) is 0.389. The summed E-state index contributed by atoms with van der Waals surface area (Å²) in [5, 5.41) is 3.42. The molecule has 0 amide bonds. The predicted octanol–water partition coefficient (Wildman–Crippen LogP) is 3.73. The molecule has 0 saturated carbocycles. The summed E-state index contributed by atoms with van der Waals surface area (Å²) in [5.74, 6) is 0. The third kappa shape index (κ3) is 4.46. The Morgan fingerprint density at radius 2 is 1.60 bits per heavy atom. The maximum absolute atomic E-state index is 4.52. The van der Waals surface area contributed by atoms with Crippen LogP contribution in [-0.4, -0.2) is 11.5 Å². The van der Waals surface area contributed by atoms with Crippen molar-refractivity contribution in [2.75, 3.05) is 6.54 Å². The number of benzene rings is 1. The summed E-state index contributed by atoms with van der Waals surface area (Å²) in [5.41, 5.74) is 5.10. The van der Waals surface area contributed by atoms with E-state index in [4.69, 9.17) is 0 Å². The van der Waals surface area contributed by atoms with Gasteiger partial charge in [0, 0.05) is 24.9 Å². The second kappa shape index (κ2) is 7.81. The van der Waals surface area contributed by atoms with Crippen LogP contribution >= 0.6 is 0 Å². The summed E-state index contributed by atoms with van der Waals surface area (Å²) in [6.45, 7) is 6.38. The molecule has 0 radical (unpaired) electrons. The summed E-state index contributed by atoms with van der Waals surface area (Å²) >= 11 is 0. The van der Waals surface area contributed by atoms with Crippen molar-refractivity contribution in [2.24, 2.45) is 0 Å². The van der Waals surface area contributed by atoms with Crippen molar-refractivity contribution >= 4 is 0 Å². The smallest absolute Gasteiger partial charge is 0.0447 e. The van der Waals surface area contributed by atoms with Gasteiger partial charge in [-0.2, -0.15) is 0 Å². The van der Waals surface area contributed by atoms with Gasteiger partial charge in [-0.05, 0) is 42.1 Å².